The van der Waals surface area contributed by atoms with Crippen LogP contribution in [0.25, 0.3) is 0 Å². The van der Waals surface area contributed by atoms with Crippen LogP contribution < -0.4 is 10.2 Å². The number of amides is 2. The summed E-state index contributed by atoms with van der Waals surface area (Å²) in [5, 5.41) is 7.66. The van der Waals surface area contributed by atoms with Crippen molar-refractivity contribution in [3.05, 3.63) is 47.2 Å². The Morgan fingerprint density at radius 2 is 2.08 bits per heavy atom. The van der Waals surface area contributed by atoms with Gasteiger partial charge in [0.1, 0.15) is 0 Å². The molecule has 0 unspecified atom stereocenters. The topological polar surface area (TPSA) is 67.2 Å². The number of nitrogens with zero attached hydrogens (tertiary/aromatic N) is 3. The molecule has 7 heteroatoms. The van der Waals surface area contributed by atoms with E-state index in [0.29, 0.717) is 30.8 Å². The predicted molar refractivity (Wildman–Crippen MR) is 91.9 cm³/mol. The second-order valence-corrected chi connectivity index (χ2v) is 6.33. The lowest BCUT2D eigenvalue weighted by Gasteiger charge is -2.17. The lowest BCUT2D eigenvalue weighted by molar-refractivity contribution is -0.121. The molecular weight excluding hydrogens is 328 g/mol. The van der Waals surface area contributed by atoms with Crippen LogP contribution >= 0.6 is 11.6 Å². The average Bonchev–Trinajstić information content (AvgIpc) is 3.12. The molecule has 2 amide bonds. The lowest BCUT2D eigenvalue weighted by atomic mass is 10.2. The Labute approximate surface area is 145 Å². The summed E-state index contributed by atoms with van der Waals surface area (Å²) >= 11 is 5.87. The van der Waals surface area contributed by atoms with Gasteiger partial charge in [0.05, 0.1) is 6.04 Å². The fourth-order valence-electron chi connectivity index (χ4n) is 2.86. The van der Waals surface area contributed by atoms with E-state index in [-0.39, 0.29) is 17.9 Å². The number of aromatic nitrogens is 2. The number of halogens is 1. The second kappa shape index (κ2) is 7.05. The first kappa shape index (κ1) is 16.5. The highest BCUT2D eigenvalue weighted by molar-refractivity contribution is 6.30. The first-order valence-electron chi connectivity index (χ1n) is 7.85. The molecule has 6 nitrogen and oxygen atoms in total. The molecule has 0 saturated carbocycles. The minimum absolute atomic E-state index is 0.00857. The Bertz CT molecular complexity index is 741. The lowest BCUT2D eigenvalue weighted by Crippen LogP contribution is -2.37. The van der Waals surface area contributed by atoms with E-state index in [1.165, 1.54) is 0 Å². The third-order valence-corrected chi connectivity index (χ3v) is 4.41. The Morgan fingerprint density at radius 3 is 2.75 bits per heavy atom. The summed E-state index contributed by atoms with van der Waals surface area (Å²) in [5.41, 5.74) is 1.81. The van der Waals surface area contributed by atoms with E-state index in [1.54, 1.807) is 27.9 Å². The summed E-state index contributed by atoms with van der Waals surface area (Å²) < 4.78 is 1.76. The molecule has 2 heterocycles. The number of benzene rings is 1. The van der Waals surface area contributed by atoms with Gasteiger partial charge in [-0.3, -0.25) is 14.3 Å². The van der Waals surface area contributed by atoms with Gasteiger partial charge in [-0.25, -0.2) is 0 Å². The van der Waals surface area contributed by atoms with Crippen molar-refractivity contribution < 1.29 is 9.59 Å². The summed E-state index contributed by atoms with van der Waals surface area (Å²) in [4.78, 5) is 26.0. The van der Waals surface area contributed by atoms with Crippen LogP contribution in [0.1, 0.15) is 18.5 Å². The van der Waals surface area contributed by atoms with E-state index in [0.717, 1.165) is 11.4 Å². The Kier molecular flexibility index (Phi) is 4.85. The van der Waals surface area contributed by atoms with Crippen LogP contribution in [0.5, 0.6) is 0 Å². The molecule has 2 aromatic rings. The van der Waals surface area contributed by atoms with Crippen molar-refractivity contribution >= 4 is 29.1 Å². The summed E-state index contributed by atoms with van der Waals surface area (Å²) in [6.07, 6.45) is 3.04. The number of rotatable bonds is 5. The number of aryl methyl sites for hydroxylation is 2. The third-order valence-electron chi connectivity index (χ3n) is 4.16. The maximum atomic E-state index is 12.2. The molecule has 0 bridgehead atoms. The molecule has 1 aromatic carbocycles. The van der Waals surface area contributed by atoms with Crippen molar-refractivity contribution in [2.45, 2.75) is 25.3 Å². The van der Waals surface area contributed by atoms with Crippen LogP contribution in [-0.2, 0) is 23.1 Å². The number of carbonyl (C=O) groups excluding carboxylic acids is 2. The Hall–Kier alpha value is -2.34. The van der Waals surface area contributed by atoms with Gasteiger partial charge in [0.15, 0.2) is 0 Å². The van der Waals surface area contributed by atoms with Crippen molar-refractivity contribution in [3.8, 4) is 0 Å². The fraction of sp³-hybridized carbons (Fsp3) is 0.353. The summed E-state index contributed by atoms with van der Waals surface area (Å²) in [7, 11) is 1.85. The first-order valence-corrected chi connectivity index (χ1v) is 8.23. The quantitative estimate of drug-likeness (QED) is 0.899. The molecule has 1 aromatic heterocycles. The number of nitrogens with one attached hydrogen (secondary N) is 1. The average molecular weight is 347 g/mol. The van der Waals surface area contributed by atoms with Crippen molar-refractivity contribution in [1.82, 2.24) is 15.1 Å². The van der Waals surface area contributed by atoms with Gasteiger partial charge < -0.3 is 10.2 Å². The van der Waals surface area contributed by atoms with Crippen molar-refractivity contribution in [2.75, 3.05) is 11.4 Å². The molecule has 24 heavy (non-hydrogen) atoms. The number of hydrogen-bond acceptors (Lipinski definition) is 3. The van der Waals surface area contributed by atoms with Crippen LogP contribution in [-0.4, -0.2) is 34.2 Å². The van der Waals surface area contributed by atoms with Crippen molar-refractivity contribution in [1.29, 1.82) is 0 Å². The van der Waals surface area contributed by atoms with E-state index in [1.807, 2.05) is 25.2 Å². The van der Waals surface area contributed by atoms with Gasteiger partial charge in [-0.15, -0.1) is 0 Å². The van der Waals surface area contributed by atoms with Gasteiger partial charge in [0.2, 0.25) is 11.8 Å². The zero-order chi connectivity index (χ0) is 17.1. The summed E-state index contributed by atoms with van der Waals surface area (Å²) in [5.74, 6) is -0.0405. The van der Waals surface area contributed by atoms with Crippen LogP contribution in [0.15, 0.2) is 36.5 Å². The highest BCUT2D eigenvalue weighted by Crippen LogP contribution is 2.23. The number of hydrogen-bond donors (Lipinski definition) is 1. The van der Waals surface area contributed by atoms with Gasteiger partial charge in [-0.2, -0.15) is 5.10 Å². The highest BCUT2D eigenvalue weighted by Gasteiger charge is 2.31. The van der Waals surface area contributed by atoms with Crippen LogP contribution in [0.4, 0.5) is 5.69 Å². The van der Waals surface area contributed by atoms with E-state index in [4.69, 9.17) is 11.6 Å². The molecule has 1 atom stereocenters. The SMILES string of the molecule is Cn1nccc1CCC(=O)N[C@H]1CC(=O)N(c2ccc(Cl)cc2)C1. The number of anilines is 1. The molecule has 0 radical (unpaired) electrons. The molecular formula is C17H19ClN4O2. The molecule has 1 fully saturated rings. The van der Waals surface area contributed by atoms with E-state index in [2.05, 4.69) is 10.4 Å². The van der Waals surface area contributed by atoms with Gasteiger partial charge in [-0.05, 0) is 36.8 Å². The highest BCUT2D eigenvalue weighted by atomic mass is 35.5. The minimum Gasteiger partial charge on any atom is -0.351 e. The predicted octanol–water partition coefficient (Wildman–Crippen LogP) is 1.93. The van der Waals surface area contributed by atoms with Crippen LogP contribution in [0.3, 0.4) is 0 Å². The third kappa shape index (κ3) is 3.76. The maximum absolute atomic E-state index is 12.2. The van der Waals surface area contributed by atoms with E-state index in [9.17, 15) is 9.59 Å². The molecule has 0 spiro atoms. The smallest absolute Gasteiger partial charge is 0.229 e. The molecule has 1 aliphatic rings. The monoisotopic (exact) mass is 346 g/mol. The first-order chi connectivity index (χ1) is 11.5. The van der Waals surface area contributed by atoms with Crippen molar-refractivity contribution in [2.24, 2.45) is 7.05 Å². The molecule has 1 N–H and O–H groups in total. The Balaban J connectivity index is 1.53. The summed E-state index contributed by atoms with van der Waals surface area (Å²) in [6.45, 7) is 0.484. The summed E-state index contributed by atoms with van der Waals surface area (Å²) in [6, 6.07) is 8.87. The molecule has 3 rings (SSSR count). The molecule has 1 saturated heterocycles. The van der Waals surface area contributed by atoms with Gasteiger partial charge in [0.25, 0.3) is 0 Å². The van der Waals surface area contributed by atoms with Crippen LogP contribution in [0, 0.1) is 0 Å². The van der Waals surface area contributed by atoms with Gasteiger partial charge in [-0.1, -0.05) is 11.6 Å². The fourth-order valence-corrected chi connectivity index (χ4v) is 2.99. The standard InChI is InChI=1S/C17H19ClN4O2/c1-21-14(8-9-19-21)6-7-16(23)20-13-10-17(24)22(11-13)15-4-2-12(18)3-5-15/h2-5,8-9,13H,6-7,10-11H2,1H3,(H,20,23)/t13-/m0/s1. The van der Waals surface area contributed by atoms with Crippen molar-refractivity contribution in [3.63, 3.8) is 0 Å². The van der Waals surface area contributed by atoms with Crippen LogP contribution in [0.2, 0.25) is 5.02 Å². The minimum atomic E-state index is -0.160. The normalized spacial score (nSPS) is 17.3. The number of carbonyl (C=O) groups is 2. The Morgan fingerprint density at radius 1 is 1.33 bits per heavy atom. The largest absolute Gasteiger partial charge is 0.351 e. The second-order valence-electron chi connectivity index (χ2n) is 5.90. The molecule has 0 aliphatic carbocycles. The zero-order valence-electron chi connectivity index (χ0n) is 13.4. The zero-order valence-corrected chi connectivity index (χ0v) is 14.2. The maximum Gasteiger partial charge on any atom is 0.229 e. The van der Waals surface area contributed by atoms with Gasteiger partial charge >= 0.3 is 0 Å². The van der Waals surface area contributed by atoms with Gasteiger partial charge in [0, 0.05) is 49.0 Å². The molecule has 1 aliphatic heterocycles. The molecule has 126 valence electrons. The van der Waals surface area contributed by atoms with E-state index < -0.39 is 0 Å². The van der Waals surface area contributed by atoms with E-state index >= 15 is 0 Å².